The van der Waals surface area contributed by atoms with E-state index in [0.29, 0.717) is 11.3 Å². The van der Waals surface area contributed by atoms with Gasteiger partial charge in [-0.25, -0.2) is 4.83 Å². The molecule has 0 saturated heterocycles. The van der Waals surface area contributed by atoms with Gasteiger partial charge in [-0.2, -0.15) is 13.5 Å². The minimum Gasteiger partial charge on any atom is -0.326 e. The van der Waals surface area contributed by atoms with Crippen molar-refractivity contribution in [3.05, 3.63) is 63.2 Å². The summed E-state index contributed by atoms with van der Waals surface area (Å²) >= 11 is 5.70. The molecule has 0 aliphatic rings. The van der Waals surface area contributed by atoms with Crippen molar-refractivity contribution in [1.82, 2.24) is 4.83 Å². The average molecular weight is 397 g/mol. The molecule has 0 saturated carbocycles. The van der Waals surface area contributed by atoms with Crippen LogP contribution in [0.1, 0.15) is 12.5 Å². The van der Waals surface area contributed by atoms with Crippen LogP contribution in [0.5, 0.6) is 0 Å². The standard InChI is InChI=1S/C15H13ClN4O5S/c1-10(21)18-12-3-5-13(6-4-12)26(24,25)19-17-9-11-2-7-14(16)15(8-11)20(22)23/h2-9,19H,1H3,(H,18,21)/b17-9+. The quantitative estimate of drug-likeness (QED) is 0.440. The lowest BCUT2D eigenvalue weighted by Gasteiger charge is -2.05. The Morgan fingerprint density at radius 2 is 1.88 bits per heavy atom. The van der Waals surface area contributed by atoms with Gasteiger partial charge in [0.25, 0.3) is 15.7 Å². The molecule has 0 heterocycles. The van der Waals surface area contributed by atoms with Gasteiger partial charge < -0.3 is 5.32 Å². The molecule has 2 aromatic carbocycles. The molecule has 2 N–H and O–H groups in total. The maximum Gasteiger partial charge on any atom is 0.288 e. The third-order valence-electron chi connectivity index (χ3n) is 3.04. The second kappa shape index (κ2) is 7.93. The number of nitro benzene ring substituents is 1. The number of anilines is 1. The van der Waals surface area contributed by atoms with Crippen LogP contribution in [0, 0.1) is 10.1 Å². The smallest absolute Gasteiger partial charge is 0.288 e. The Kier molecular flexibility index (Phi) is 5.90. The van der Waals surface area contributed by atoms with E-state index in [1.165, 1.54) is 49.4 Å². The molecule has 0 spiro atoms. The molecule has 9 nitrogen and oxygen atoms in total. The van der Waals surface area contributed by atoms with Gasteiger partial charge in [-0.05, 0) is 30.3 Å². The fourth-order valence-corrected chi connectivity index (χ4v) is 2.87. The van der Waals surface area contributed by atoms with E-state index in [0.717, 1.165) is 6.21 Å². The summed E-state index contributed by atoms with van der Waals surface area (Å²) in [5.41, 5.74) is 0.435. The Morgan fingerprint density at radius 3 is 2.46 bits per heavy atom. The lowest BCUT2D eigenvalue weighted by Crippen LogP contribution is -2.18. The molecule has 0 radical (unpaired) electrons. The number of nitro groups is 1. The molecule has 0 fully saturated rings. The fraction of sp³-hybridized carbons (Fsp3) is 0.0667. The SMILES string of the molecule is CC(=O)Nc1ccc(S(=O)(=O)N/N=C/c2ccc(Cl)c([N+](=O)[O-])c2)cc1. The Bertz CT molecular complexity index is 974. The van der Waals surface area contributed by atoms with E-state index in [1.54, 1.807) is 0 Å². The summed E-state index contributed by atoms with van der Waals surface area (Å²) in [7, 11) is -3.93. The first-order valence-corrected chi connectivity index (χ1v) is 8.91. The number of halogens is 1. The molecule has 0 aliphatic carbocycles. The van der Waals surface area contributed by atoms with Gasteiger partial charge in [0.05, 0.1) is 16.0 Å². The minimum absolute atomic E-state index is 0.0352. The molecule has 26 heavy (non-hydrogen) atoms. The van der Waals surface area contributed by atoms with Crippen molar-refractivity contribution in [3.8, 4) is 0 Å². The second-order valence-electron chi connectivity index (χ2n) is 5.03. The van der Waals surface area contributed by atoms with Crippen molar-refractivity contribution in [2.24, 2.45) is 5.10 Å². The average Bonchev–Trinajstić information content (AvgIpc) is 2.56. The van der Waals surface area contributed by atoms with Gasteiger partial charge in [-0.3, -0.25) is 14.9 Å². The molecular formula is C15H13ClN4O5S. The summed E-state index contributed by atoms with van der Waals surface area (Å²) in [6.07, 6.45) is 1.12. The largest absolute Gasteiger partial charge is 0.326 e. The lowest BCUT2D eigenvalue weighted by atomic mass is 10.2. The van der Waals surface area contributed by atoms with Crippen molar-refractivity contribution < 1.29 is 18.1 Å². The highest BCUT2D eigenvalue weighted by atomic mass is 35.5. The topological polar surface area (TPSA) is 131 Å². The zero-order valence-corrected chi connectivity index (χ0v) is 14.9. The van der Waals surface area contributed by atoms with Crippen LogP contribution in [0.3, 0.4) is 0 Å². The Labute approximate surface area is 153 Å². The molecule has 0 bridgehead atoms. The van der Waals surface area contributed by atoms with Gasteiger partial charge in [-0.15, -0.1) is 0 Å². The zero-order valence-electron chi connectivity index (χ0n) is 13.3. The number of nitrogens with zero attached hydrogens (tertiary/aromatic N) is 2. The highest BCUT2D eigenvalue weighted by Gasteiger charge is 2.14. The lowest BCUT2D eigenvalue weighted by molar-refractivity contribution is -0.384. The van der Waals surface area contributed by atoms with Gasteiger partial charge in [-0.1, -0.05) is 17.7 Å². The van der Waals surface area contributed by atoms with Crippen molar-refractivity contribution in [2.75, 3.05) is 5.32 Å². The summed E-state index contributed by atoms with van der Waals surface area (Å²) in [4.78, 5) is 23.1. The van der Waals surface area contributed by atoms with Crippen molar-refractivity contribution >= 4 is 45.1 Å². The molecule has 0 aromatic heterocycles. The number of rotatable bonds is 6. The summed E-state index contributed by atoms with van der Waals surface area (Å²) in [5.74, 6) is -0.277. The van der Waals surface area contributed by atoms with E-state index >= 15 is 0 Å². The number of carbonyl (C=O) groups is 1. The Morgan fingerprint density at radius 1 is 1.23 bits per heavy atom. The summed E-state index contributed by atoms with van der Waals surface area (Å²) < 4.78 is 24.3. The summed E-state index contributed by atoms with van der Waals surface area (Å²) in [6.45, 7) is 1.34. The van der Waals surface area contributed by atoms with Gasteiger partial charge in [0.15, 0.2) is 0 Å². The van der Waals surface area contributed by atoms with Crippen LogP contribution >= 0.6 is 11.6 Å². The number of amides is 1. The van der Waals surface area contributed by atoms with Gasteiger partial charge >= 0.3 is 0 Å². The monoisotopic (exact) mass is 396 g/mol. The van der Waals surface area contributed by atoms with Crippen LogP contribution in [0.25, 0.3) is 0 Å². The van der Waals surface area contributed by atoms with E-state index in [9.17, 15) is 23.3 Å². The number of benzene rings is 2. The predicted octanol–water partition coefficient (Wildman–Crippen LogP) is 2.52. The molecule has 0 atom stereocenters. The first-order chi connectivity index (χ1) is 12.2. The first-order valence-electron chi connectivity index (χ1n) is 7.05. The third kappa shape index (κ3) is 5.01. The minimum atomic E-state index is -3.93. The normalized spacial score (nSPS) is 11.3. The number of hydrogen-bond acceptors (Lipinski definition) is 6. The predicted molar refractivity (Wildman–Crippen MR) is 96.8 cm³/mol. The number of nitrogens with one attached hydrogen (secondary N) is 2. The Hall–Kier alpha value is -2.98. The molecule has 2 aromatic rings. The third-order valence-corrected chi connectivity index (χ3v) is 4.60. The van der Waals surface area contributed by atoms with Crippen LogP contribution in [-0.4, -0.2) is 25.5 Å². The molecule has 2 rings (SSSR count). The molecular weight excluding hydrogens is 384 g/mol. The number of carbonyl (C=O) groups excluding carboxylic acids is 1. The molecule has 136 valence electrons. The number of hydrazone groups is 1. The van der Waals surface area contributed by atoms with E-state index < -0.39 is 14.9 Å². The molecule has 1 amide bonds. The van der Waals surface area contributed by atoms with Crippen LogP contribution in [0.2, 0.25) is 5.02 Å². The van der Waals surface area contributed by atoms with Gasteiger partial charge in [0.1, 0.15) is 5.02 Å². The van der Waals surface area contributed by atoms with Crippen LogP contribution in [0.15, 0.2) is 52.5 Å². The van der Waals surface area contributed by atoms with Gasteiger partial charge in [0.2, 0.25) is 5.91 Å². The first kappa shape index (κ1) is 19.3. The highest BCUT2D eigenvalue weighted by molar-refractivity contribution is 7.89. The van der Waals surface area contributed by atoms with Crippen molar-refractivity contribution in [1.29, 1.82) is 0 Å². The van der Waals surface area contributed by atoms with Gasteiger partial charge in [0, 0.05) is 24.2 Å². The summed E-state index contributed by atoms with van der Waals surface area (Å²) in [6, 6.07) is 9.41. The zero-order chi connectivity index (χ0) is 19.3. The van der Waals surface area contributed by atoms with E-state index in [4.69, 9.17) is 11.6 Å². The van der Waals surface area contributed by atoms with Crippen LogP contribution in [0.4, 0.5) is 11.4 Å². The summed E-state index contributed by atoms with van der Waals surface area (Å²) in [5, 5.41) is 16.9. The maximum atomic E-state index is 12.1. The maximum absolute atomic E-state index is 12.1. The number of hydrogen-bond donors (Lipinski definition) is 2. The van der Waals surface area contributed by atoms with Crippen LogP contribution in [-0.2, 0) is 14.8 Å². The second-order valence-corrected chi connectivity index (χ2v) is 7.09. The fourth-order valence-electron chi connectivity index (χ4n) is 1.89. The van der Waals surface area contributed by atoms with Crippen LogP contribution < -0.4 is 10.1 Å². The van der Waals surface area contributed by atoms with E-state index in [2.05, 4.69) is 10.4 Å². The van der Waals surface area contributed by atoms with Crippen molar-refractivity contribution in [3.63, 3.8) is 0 Å². The molecule has 11 heteroatoms. The van der Waals surface area contributed by atoms with E-state index in [-0.39, 0.29) is 21.5 Å². The van der Waals surface area contributed by atoms with Crippen molar-refractivity contribution in [2.45, 2.75) is 11.8 Å². The van der Waals surface area contributed by atoms with E-state index in [1.807, 2.05) is 4.83 Å². The molecule has 0 unspecified atom stereocenters. The Balaban J connectivity index is 2.12. The highest BCUT2D eigenvalue weighted by Crippen LogP contribution is 2.24. The molecule has 0 aliphatic heterocycles. The number of sulfonamides is 1.